The minimum absolute atomic E-state index is 0.0697. The molecule has 3 aromatic rings. The summed E-state index contributed by atoms with van der Waals surface area (Å²) in [5.41, 5.74) is 1.59. The number of hydrogen-bond acceptors (Lipinski definition) is 7. The van der Waals surface area contributed by atoms with Crippen molar-refractivity contribution in [3.8, 4) is 11.4 Å². The van der Waals surface area contributed by atoms with Gasteiger partial charge in [-0.15, -0.1) is 6.58 Å². The topological polar surface area (TPSA) is 89.3 Å². The van der Waals surface area contributed by atoms with Crippen LogP contribution in [0.3, 0.4) is 0 Å². The third-order valence-electron chi connectivity index (χ3n) is 7.17. The maximum Gasteiger partial charge on any atom is 0.256 e. The first-order valence-electron chi connectivity index (χ1n) is 12.0. The summed E-state index contributed by atoms with van der Waals surface area (Å²) in [4.78, 5) is 29.0. The number of benzene rings is 1. The van der Waals surface area contributed by atoms with Gasteiger partial charge < -0.3 is 14.5 Å². The fraction of sp³-hybridized carbons (Fsp3) is 0.423. The number of piperidine rings is 1. The first-order valence-corrected chi connectivity index (χ1v) is 12.0. The predicted octanol–water partition coefficient (Wildman–Crippen LogP) is 3.40. The van der Waals surface area contributed by atoms with E-state index in [0.29, 0.717) is 36.0 Å². The van der Waals surface area contributed by atoms with Crippen LogP contribution in [0.15, 0.2) is 49.3 Å². The highest BCUT2D eigenvalue weighted by molar-refractivity contribution is 5.99. The van der Waals surface area contributed by atoms with E-state index < -0.39 is 5.54 Å². The molecule has 9 nitrogen and oxygen atoms in total. The zero-order valence-corrected chi connectivity index (χ0v) is 20.7. The van der Waals surface area contributed by atoms with Gasteiger partial charge in [0.15, 0.2) is 0 Å². The summed E-state index contributed by atoms with van der Waals surface area (Å²) in [6.07, 6.45) is 6.09. The number of carbonyl (C=O) groups excluding carboxylic acids is 1. The molecule has 1 aromatic carbocycles. The number of ether oxygens (including phenoxy) is 1. The van der Waals surface area contributed by atoms with Crippen molar-refractivity contribution in [2.24, 2.45) is 5.92 Å². The molecule has 182 valence electrons. The highest BCUT2D eigenvalue weighted by atomic mass is 16.5. The quantitative estimate of drug-likeness (QED) is 0.507. The maximum absolute atomic E-state index is 13.9. The second-order valence-corrected chi connectivity index (χ2v) is 9.60. The zero-order chi connectivity index (χ0) is 24.7. The normalized spacial score (nSPS) is 21.5. The van der Waals surface area contributed by atoms with E-state index in [-0.39, 0.29) is 11.8 Å². The van der Waals surface area contributed by atoms with E-state index in [9.17, 15) is 4.79 Å². The van der Waals surface area contributed by atoms with Crippen molar-refractivity contribution in [1.82, 2.24) is 29.9 Å². The Labute approximate surface area is 205 Å². The van der Waals surface area contributed by atoms with Crippen molar-refractivity contribution in [1.29, 1.82) is 0 Å². The second-order valence-electron chi connectivity index (χ2n) is 9.60. The minimum atomic E-state index is -0.471. The molecule has 0 spiro atoms. The lowest BCUT2D eigenvalue weighted by atomic mass is 9.69. The van der Waals surface area contributed by atoms with Crippen LogP contribution in [-0.4, -0.2) is 68.1 Å². The Hall–Kier alpha value is -3.75. The fourth-order valence-electron chi connectivity index (χ4n) is 5.18. The van der Waals surface area contributed by atoms with Gasteiger partial charge in [0.05, 0.1) is 30.6 Å². The third kappa shape index (κ3) is 3.84. The van der Waals surface area contributed by atoms with Gasteiger partial charge in [-0.25, -0.2) is 9.97 Å². The number of anilines is 1. The Kier molecular flexibility index (Phi) is 5.78. The standard InChI is InChI=1S/C26H31N7O2/c1-6-26-16-31(23-13-18(4)29-24(30-23)17(2)3)12-9-19(26)15-32(26)25(34)21-8-7-20(35-5)14-22(21)33-27-10-11-28-33/h6-8,10-11,13-14,17,19H,1,9,12,15-16H2,2-5H3/t19-,26-/m1/s1. The molecule has 0 N–H and O–H groups in total. The second kappa shape index (κ2) is 8.79. The molecule has 2 saturated heterocycles. The van der Waals surface area contributed by atoms with E-state index in [2.05, 4.69) is 40.5 Å². The van der Waals surface area contributed by atoms with Crippen molar-refractivity contribution in [2.75, 3.05) is 31.6 Å². The summed E-state index contributed by atoms with van der Waals surface area (Å²) in [6.45, 7) is 12.6. The van der Waals surface area contributed by atoms with Gasteiger partial charge >= 0.3 is 0 Å². The monoisotopic (exact) mass is 473 g/mol. The van der Waals surface area contributed by atoms with Crippen LogP contribution >= 0.6 is 0 Å². The van der Waals surface area contributed by atoms with Crippen LogP contribution < -0.4 is 9.64 Å². The molecule has 0 radical (unpaired) electrons. The first kappa shape index (κ1) is 23.0. The van der Waals surface area contributed by atoms with Crippen LogP contribution in [0.2, 0.25) is 0 Å². The molecule has 35 heavy (non-hydrogen) atoms. The smallest absolute Gasteiger partial charge is 0.256 e. The Morgan fingerprint density at radius 2 is 2.00 bits per heavy atom. The number of methoxy groups -OCH3 is 1. The number of rotatable bonds is 6. The van der Waals surface area contributed by atoms with E-state index >= 15 is 0 Å². The molecule has 2 fully saturated rings. The van der Waals surface area contributed by atoms with Gasteiger partial charge in [-0.05, 0) is 25.5 Å². The van der Waals surface area contributed by atoms with E-state index in [4.69, 9.17) is 9.72 Å². The van der Waals surface area contributed by atoms with Crippen LogP contribution in [-0.2, 0) is 0 Å². The Morgan fingerprint density at radius 3 is 2.69 bits per heavy atom. The zero-order valence-electron chi connectivity index (χ0n) is 20.7. The Bertz CT molecular complexity index is 1260. The molecule has 1 amide bonds. The van der Waals surface area contributed by atoms with Gasteiger partial charge in [-0.1, -0.05) is 19.9 Å². The number of amides is 1. The molecule has 0 aliphatic carbocycles. The number of nitrogens with zero attached hydrogens (tertiary/aromatic N) is 7. The average Bonchev–Trinajstić information content (AvgIpc) is 3.39. The van der Waals surface area contributed by atoms with Gasteiger partial charge in [0.25, 0.3) is 5.91 Å². The number of aromatic nitrogens is 5. The third-order valence-corrected chi connectivity index (χ3v) is 7.17. The van der Waals surface area contributed by atoms with Crippen LogP contribution in [0.4, 0.5) is 5.82 Å². The first-order chi connectivity index (χ1) is 16.9. The predicted molar refractivity (Wildman–Crippen MR) is 133 cm³/mol. The lowest BCUT2D eigenvalue weighted by Gasteiger charge is -2.61. The summed E-state index contributed by atoms with van der Waals surface area (Å²) in [5, 5.41) is 8.49. The summed E-state index contributed by atoms with van der Waals surface area (Å²) < 4.78 is 5.39. The Morgan fingerprint density at radius 1 is 1.23 bits per heavy atom. The van der Waals surface area contributed by atoms with Crippen molar-refractivity contribution < 1.29 is 9.53 Å². The SMILES string of the molecule is C=C[C@@]12CN(c3cc(C)nc(C(C)C)n3)CC[C@@H]1CN2C(=O)c1ccc(OC)cc1-n1nccn1. The van der Waals surface area contributed by atoms with Crippen molar-refractivity contribution in [3.05, 3.63) is 66.4 Å². The molecule has 0 unspecified atom stereocenters. The Balaban J connectivity index is 1.47. The fourth-order valence-corrected chi connectivity index (χ4v) is 5.18. The summed E-state index contributed by atoms with van der Waals surface area (Å²) in [7, 11) is 1.60. The largest absolute Gasteiger partial charge is 0.497 e. The van der Waals surface area contributed by atoms with Gasteiger partial charge in [-0.2, -0.15) is 15.0 Å². The molecule has 5 rings (SSSR count). The van der Waals surface area contributed by atoms with E-state index in [0.717, 1.165) is 30.3 Å². The van der Waals surface area contributed by atoms with Crippen molar-refractivity contribution in [3.63, 3.8) is 0 Å². The number of hydrogen-bond donors (Lipinski definition) is 0. The van der Waals surface area contributed by atoms with Crippen LogP contribution in [0.25, 0.3) is 5.69 Å². The van der Waals surface area contributed by atoms with Gasteiger partial charge in [-0.3, -0.25) is 4.79 Å². The molecule has 2 aromatic heterocycles. The number of fused-ring (bicyclic) bond motifs is 1. The van der Waals surface area contributed by atoms with Crippen LogP contribution in [0, 0.1) is 12.8 Å². The van der Waals surface area contributed by atoms with Crippen LogP contribution in [0.1, 0.15) is 48.1 Å². The van der Waals surface area contributed by atoms with E-state index in [1.165, 1.54) is 4.80 Å². The molecule has 0 saturated carbocycles. The minimum Gasteiger partial charge on any atom is -0.497 e. The molecular weight excluding hydrogens is 442 g/mol. The lowest BCUT2D eigenvalue weighted by molar-refractivity contribution is -0.0351. The molecule has 0 bridgehead atoms. The number of aryl methyl sites for hydroxylation is 1. The van der Waals surface area contributed by atoms with Gasteiger partial charge in [0.1, 0.15) is 23.1 Å². The van der Waals surface area contributed by atoms with Gasteiger partial charge in [0, 0.05) is 49.3 Å². The number of likely N-dealkylation sites (tertiary alicyclic amines) is 1. The molecule has 2 aliphatic heterocycles. The molecule has 4 heterocycles. The van der Waals surface area contributed by atoms with Gasteiger partial charge in [0.2, 0.25) is 0 Å². The average molecular weight is 474 g/mol. The number of carbonyl (C=O) groups is 1. The molecular formula is C26H31N7O2. The van der Waals surface area contributed by atoms with Crippen molar-refractivity contribution >= 4 is 11.7 Å². The molecule has 2 aliphatic rings. The van der Waals surface area contributed by atoms with Crippen molar-refractivity contribution in [2.45, 2.75) is 38.6 Å². The molecule has 9 heteroatoms. The highest BCUT2D eigenvalue weighted by Gasteiger charge is 2.56. The summed E-state index contributed by atoms with van der Waals surface area (Å²) >= 11 is 0. The summed E-state index contributed by atoms with van der Waals surface area (Å²) in [6, 6.07) is 7.39. The summed E-state index contributed by atoms with van der Waals surface area (Å²) in [5.74, 6) is 2.91. The van der Waals surface area contributed by atoms with Crippen LogP contribution in [0.5, 0.6) is 5.75 Å². The lowest BCUT2D eigenvalue weighted by Crippen LogP contribution is -2.74. The highest BCUT2D eigenvalue weighted by Crippen LogP contribution is 2.45. The maximum atomic E-state index is 13.9. The van der Waals surface area contributed by atoms with E-state index in [1.807, 2.05) is 24.0 Å². The molecule has 2 atom stereocenters. The van der Waals surface area contributed by atoms with E-state index in [1.54, 1.807) is 37.7 Å².